The van der Waals surface area contributed by atoms with E-state index in [1.807, 2.05) is 60.7 Å². The Labute approximate surface area is 124 Å². The van der Waals surface area contributed by atoms with Crippen LogP contribution in [-0.2, 0) is 10.0 Å². The van der Waals surface area contributed by atoms with Crippen LogP contribution in [-0.4, -0.2) is 31.3 Å². The summed E-state index contributed by atoms with van der Waals surface area (Å²) in [5.74, 6) is -0.0386. The van der Waals surface area contributed by atoms with Crippen molar-refractivity contribution in [3.8, 4) is 0 Å². The number of hydrogen-bond donors (Lipinski definition) is 0. The van der Waals surface area contributed by atoms with Gasteiger partial charge in [-0.1, -0.05) is 60.7 Å². The van der Waals surface area contributed by atoms with E-state index in [2.05, 4.69) is 5.10 Å². The van der Waals surface area contributed by atoms with E-state index < -0.39 is 10.0 Å². The molecule has 21 heavy (non-hydrogen) atoms. The number of hydrogen-bond acceptors (Lipinski definition) is 3. The summed E-state index contributed by atoms with van der Waals surface area (Å²) in [4.78, 5) is 0. The van der Waals surface area contributed by atoms with E-state index in [1.54, 1.807) is 0 Å². The number of benzene rings is 2. The maximum atomic E-state index is 11.8. The third-order valence-corrected chi connectivity index (χ3v) is 4.54. The number of hydrazone groups is 1. The second-order valence-electron chi connectivity index (χ2n) is 5.08. The molecule has 0 bridgehead atoms. The predicted octanol–water partition coefficient (Wildman–Crippen LogP) is 2.45. The lowest BCUT2D eigenvalue weighted by atomic mass is 9.91. The first kappa shape index (κ1) is 13.8. The molecular formula is C16H16N2O2S. The fourth-order valence-electron chi connectivity index (χ4n) is 2.50. The predicted molar refractivity (Wildman–Crippen MR) is 83.7 cm³/mol. The van der Waals surface area contributed by atoms with Gasteiger partial charge in [-0.25, -0.2) is 8.42 Å². The Bertz CT molecular complexity index is 755. The quantitative estimate of drug-likeness (QED) is 0.874. The van der Waals surface area contributed by atoms with Gasteiger partial charge in [-0.05, 0) is 11.1 Å². The maximum Gasteiger partial charge on any atom is 0.246 e. The molecule has 1 heterocycles. The van der Waals surface area contributed by atoms with Gasteiger partial charge in [0.1, 0.15) is 0 Å². The molecule has 0 radical (unpaired) electrons. The smallest absolute Gasteiger partial charge is 0.205 e. The van der Waals surface area contributed by atoms with Crippen LogP contribution in [0.4, 0.5) is 0 Å². The Morgan fingerprint density at radius 2 is 1.57 bits per heavy atom. The average molecular weight is 300 g/mol. The summed E-state index contributed by atoms with van der Waals surface area (Å²) in [7, 11) is -3.34. The number of nitrogens with zero attached hydrogens (tertiary/aromatic N) is 2. The third kappa shape index (κ3) is 2.83. The highest BCUT2D eigenvalue weighted by molar-refractivity contribution is 7.88. The van der Waals surface area contributed by atoms with Gasteiger partial charge in [0.15, 0.2) is 0 Å². The van der Waals surface area contributed by atoms with E-state index in [-0.39, 0.29) is 5.92 Å². The summed E-state index contributed by atoms with van der Waals surface area (Å²) in [6.07, 6.45) is 1.19. The van der Waals surface area contributed by atoms with Crippen LogP contribution in [0.1, 0.15) is 17.0 Å². The molecule has 0 saturated carbocycles. The molecule has 5 heteroatoms. The van der Waals surface area contributed by atoms with E-state index in [0.29, 0.717) is 6.54 Å². The molecule has 1 unspecified atom stereocenters. The summed E-state index contributed by atoms with van der Waals surface area (Å²) in [5, 5.41) is 4.35. The van der Waals surface area contributed by atoms with Crippen molar-refractivity contribution >= 4 is 15.7 Å². The molecule has 1 atom stereocenters. The Morgan fingerprint density at radius 3 is 2.14 bits per heavy atom. The van der Waals surface area contributed by atoms with Crippen molar-refractivity contribution in [3.05, 3.63) is 71.8 Å². The first-order chi connectivity index (χ1) is 10.1. The van der Waals surface area contributed by atoms with Crippen molar-refractivity contribution in [2.75, 3.05) is 12.8 Å². The molecule has 2 aromatic rings. The minimum Gasteiger partial charge on any atom is -0.205 e. The molecule has 2 aromatic carbocycles. The lowest BCUT2D eigenvalue weighted by Gasteiger charge is -2.14. The highest BCUT2D eigenvalue weighted by Crippen LogP contribution is 2.29. The first-order valence-electron chi connectivity index (χ1n) is 6.72. The van der Waals surface area contributed by atoms with Crippen molar-refractivity contribution in [3.63, 3.8) is 0 Å². The largest absolute Gasteiger partial charge is 0.246 e. The molecular weight excluding hydrogens is 284 g/mol. The van der Waals surface area contributed by atoms with Crippen LogP contribution < -0.4 is 0 Å². The van der Waals surface area contributed by atoms with Gasteiger partial charge < -0.3 is 0 Å². The molecule has 0 amide bonds. The first-order valence-corrected chi connectivity index (χ1v) is 8.57. The van der Waals surface area contributed by atoms with E-state index >= 15 is 0 Å². The maximum absolute atomic E-state index is 11.8. The van der Waals surface area contributed by atoms with Crippen LogP contribution in [0.15, 0.2) is 65.8 Å². The highest BCUT2D eigenvalue weighted by Gasteiger charge is 2.32. The summed E-state index contributed by atoms with van der Waals surface area (Å²) in [6.45, 7) is 0.354. The molecule has 4 nitrogen and oxygen atoms in total. The molecule has 108 valence electrons. The second kappa shape index (κ2) is 5.33. The van der Waals surface area contributed by atoms with Crippen molar-refractivity contribution in [1.29, 1.82) is 0 Å². The number of rotatable bonds is 3. The van der Waals surface area contributed by atoms with Crippen LogP contribution in [0.5, 0.6) is 0 Å². The zero-order valence-electron chi connectivity index (χ0n) is 11.7. The molecule has 1 aliphatic heterocycles. The van der Waals surface area contributed by atoms with Gasteiger partial charge in [0.2, 0.25) is 10.0 Å². The second-order valence-corrected chi connectivity index (χ2v) is 6.97. The van der Waals surface area contributed by atoms with Crippen LogP contribution in [0, 0.1) is 0 Å². The number of sulfonamides is 1. The van der Waals surface area contributed by atoms with Gasteiger partial charge in [0, 0.05) is 5.92 Å². The van der Waals surface area contributed by atoms with Gasteiger partial charge >= 0.3 is 0 Å². The van der Waals surface area contributed by atoms with E-state index in [4.69, 9.17) is 0 Å². The van der Waals surface area contributed by atoms with Gasteiger partial charge in [0.05, 0.1) is 18.5 Å². The summed E-state index contributed by atoms with van der Waals surface area (Å²) in [6, 6.07) is 19.6. The Balaban J connectivity index is 2.06. The minimum atomic E-state index is -3.34. The van der Waals surface area contributed by atoms with Crippen molar-refractivity contribution in [1.82, 2.24) is 4.41 Å². The monoisotopic (exact) mass is 300 g/mol. The van der Waals surface area contributed by atoms with Crippen molar-refractivity contribution < 1.29 is 8.42 Å². The third-order valence-electron chi connectivity index (χ3n) is 3.54. The minimum absolute atomic E-state index is 0.0386. The molecule has 0 spiro atoms. The fraction of sp³-hybridized carbons (Fsp3) is 0.188. The Kier molecular flexibility index (Phi) is 3.51. The summed E-state index contributed by atoms with van der Waals surface area (Å²) >= 11 is 0. The zero-order valence-corrected chi connectivity index (χ0v) is 12.5. The fourth-order valence-corrected chi connectivity index (χ4v) is 3.16. The van der Waals surface area contributed by atoms with Crippen LogP contribution in [0.2, 0.25) is 0 Å². The SMILES string of the molecule is CS(=O)(=O)N1CC(c2ccccc2)C(c2ccccc2)=N1. The van der Waals surface area contributed by atoms with Crippen LogP contribution in [0.25, 0.3) is 0 Å². The lowest BCUT2D eigenvalue weighted by Crippen LogP contribution is -2.24. The van der Waals surface area contributed by atoms with Crippen molar-refractivity contribution in [2.24, 2.45) is 5.10 Å². The molecule has 0 aromatic heterocycles. The summed E-state index contributed by atoms with van der Waals surface area (Å²) < 4.78 is 24.8. The zero-order chi connectivity index (χ0) is 14.9. The highest BCUT2D eigenvalue weighted by atomic mass is 32.2. The Hall–Kier alpha value is -2.14. The van der Waals surface area contributed by atoms with E-state index in [1.165, 1.54) is 10.7 Å². The van der Waals surface area contributed by atoms with E-state index in [0.717, 1.165) is 16.8 Å². The molecule has 1 aliphatic rings. The van der Waals surface area contributed by atoms with Crippen LogP contribution >= 0.6 is 0 Å². The van der Waals surface area contributed by atoms with Gasteiger partial charge in [-0.2, -0.15) is 9.52 Å². The molecule has 0 N–H and O–H groups in total. The van der Waals surface area contributed by atoms with Gasteiger partial charge in [-0.15, -0.1) is 0 Å². The van der Waals surface area contributed by atoms with Crippen molar-refractivity contribution in [2.45, 2.75) is 5.92 Å². The Morgan fingerprint density at radius 1 is 1.00 bits per heavy atom. The molecule has 3 rings (SSSR count). The molecule has 0 saturated heterocycles. The van der Waals surface area contributed by atoms with Gasteiger partial charge in [-0.3, -0.25) is 0 Å². The van der Waals surface area contributed by atoms with E-state index in [9.17, 15) is 8.42 Å². The normalized spacial score (nSPS) is 18.6. The molecule has 0 aliphatic carbocycles. The van der Waals surface area contributed by atoms with Gasteiger partial charge in [0.25, 0.3) is 0 Å². The topological polar surface area (TPSA) is 49.7 Å². The summed E-state index contributed by atoms with van der Waals surface area (Å²) in [5.41, 5.74) is 2.83. The lowest BCUT2D eigenvalue weighted by molar-refractivity contribution is 0.456. The average Bonchev–Trinajstić information content (AvgIpc) is 2.94. The molecule has 0 fully saturated rings. The van der Waals surface area contributed by atoms with Crippen LogP contribution in [0.3, 0.4) is 0 Å². The standard InChI is InChI=1S/C16H16N2O2S/c1-21(19,20)18-12-15(13-8-4-2-5-9-13)16(17-18)14-10-6-3-7-11-14/h2-11,15H,12H2,1H3.